The zero-order valence-corrected chi connectivity index (χ0v) is 10.9. The van der Waals surface area contributed by atoms with Crippen molar-refractivity contribution in [3.63, 3.8) is 0 Å². The second kappa shape index (κ2) is 6.39. The van der Waals surface area contributed by atoms with Crippen LogP contribution in [-0.2, 0) is 9.53 Å². The van der Waals surface area contributed by atoms with Crippen LogP contribution in [0.1, 0.15) is 50.7 Å². The highest BCUT2D eigenvalue weighted by atomic mass is 16.5. The molecular formula is C16H20O2. The number of hydrogen-bond acceptors (Lipinski definition) is 2. The molecule has 2 heteroatoms. The van der Waals surface area contributed by atoms with Crippen LogP contribution in [0, 0.1) is 0 Å². The van der Waals surface area contributed by atoms with Crippen molar-refractivity contribution in [3.8, 4) is 0 Å². The van der Waals surface area contributed by atoms with Gasteiger partial charge in [0.25, 0.3) is 0 Å². The highest BCUT2D eigenvalue weighted by Gasteiger charge is 2.17. The molecule has 1 aliphatic carbocycles. The number of ether oxygens (including phenoxy) is 1. The Hall–Kier alpha value is -1.57. The third kappa shape index (κ3) is 3.73. The van der Waals surface area contributed by atoms with E-state index in [4.69, 9.17) is 4.74 Å². The second-order valence-electron chi connectivity index (χ2n) is 4.82. The largest absolute Gasteiger partial charge is 0.457 e. The summed E-state index contributed by atoms with van der Waals surface area (Å²) >= 11 is 0. The van der Waals surface area contributed by atoms with Crippen LogP contribution in [0.25, 0.3) is 0 Å². The van der Waals surface area contributed by atoms with E-state index >= 15 is 0 Å². The first-order valence-corrected chi connectivity index (χ1v) is 6.66. The van der Waals surface area contributed by atoms with Crippen LogP contribution in [0.4, 0.5) is 0 Å². The topological polar surface area (TPSA) is 26.3 Å². The van der Waals surface area contributed by atoms with Gasteiger partial charge < -0.3 is 4.74 Å². The number of carbonyl (C=O) groups excluding carboxylic acids is 1. The van der Waals surface area contributed by atoms with Crippen LogP contribution < -0.4 is 0 Å². The van der Waals surface area contributed by atoms with Crippen LogP contribution >= 0.6 is 0 Å². The molecule has 0 aromatic heterocycles. The quantitative estimate of drug-likeness (QED) is 0.586. The molecule has 0 fully saturated rings. The van der Waals surface area contributed by atoms with Gasteiger partial charge in [-0.15, -0.1) is 0 Å². The number of esters is 1. The summed E-state index contributed by atoms with van der Waals surface area (Å²) in [4.78, 5) is 11.2. The summed E-state index contributed by atoms with van der Waals surface area (Å²) in [6.45, 7) is 1.48. The summed E-state index contributed by atoms with van der Waals surface area (Å²) in [6, 6.07) is 10.0. The Morgan fingerprint density at radius 2 is 2.06 bits per heavy atom. The van der Waals surface area contributed by atoms with Crippen LogP contribution in [-0.4, -0.2) is 5.97 Å². The summed E-state index contributed by atoms with van der Waals surface area (Å²) in [5, 5.41) is 0. The molecule has 0 radical (unpaired) electrons. The maximum absolute atomic E-state index is 11.2. The van der Waals surface area contributed by atoms with E-state index in [-0.39, 0.29) is 12.1 Å². The van der Waals surface area contributed by atoms with Gasteiger partial charge in [-0.1, -0.05) is 42.0 Å². The Labute approximate surface area is 109 Å². The van der Waals surface area contributed by atoms with Crippen molar-refractivity contribution in [3.05, 3.63) is 47.5 Å². The minimum Gasteiger partial charge on any atom is -0.457 e. The Bertz CT molecular complexity index is 420. The first-order chi connectivity index (χ1) is 8.75. The molecule has 18 heavy (non-hydrogen) atoms. The molecule has 0 saturated carbocycles. The SMILES string of the molecule is CC(=O)OC(CC1=CCCCC1)c1ccccc1. The van der Waals surface area contributed by atoms with Crippen LogP contribution in [0.2, 0.25) is 0 Å². The maximum Gasteiger partial charge on any atom is 0.303 e. The summed E-state index contributed by atoms with van der Waals surface area (Å²) in [6.07, 6.45) is 7.86. The molecular weight excluding hydrogens is 224 g/mol. The summed E-state index contributed by atoms with van der Waals surface area (Å²) < 4.78 is 5.46. The van der Waals surface area contributed by atoms with E-state index in [9.17, 15) is 4.79 Å². The minimum absolute atomic E-state index is 0.131. The molecule has 0 spiro atoms. The van der Waals surface area contributed by atoms with Crippen LogP contribution in [0.5, 0.6) is 0 Å². The summed E-state index contributed by atoms with van der Waals surface area (Å²) in [5.74, 6) is -0.208. The van der Waals surface area contributed by atoms with E-state index in [1.165, 1.54) is 25.3 Å². The number of allylic oxidation sites excluding steroid dienone is 1. The van der Waals surface area contributed by atoms with Crippen LogP contribution in [0.15, 0.2) is 42.0 Å². The highest BCUT2D eigenvalue weighted by Crippen LogP contribution is 2.30. The normalized spacial score (nSPS) is 16.8. The molecule has 1 atom stereocenters. The average molecular weight is 244 g/mol. The highest BCUT2D eigenvalue weighted by molar-refractivity contribution is 5.66. The monoisotopic (exact) mass is 244 g/mol. The van der Waals surface area contributed by atoms with Crippen molar-refractivity contribution in [2.24, 2.45) is 0 Å². The lowest BCUT2D eigenvalue weighted by molar-refractivity contribution is -0.146. The van der Waals surface area contributed by atoms with Gasteiger partial charge in [0, 0.05) is 13.3 Å². The molecule has 0 aliphatic heterocycles. The fraction of sp³-hybridized carbons (Fsp3) is 0.438. The van der Waals surface area contributed by atoms with Gasteiger partial charge >= 0.3 is 5.97 Å². The molecule has 0 amide bonds. The number of hydrogen-bond donors (Lipinski definition) is 0. The number of benzene rings is 1. The molecule has 2 nitrogen and oxygen atoms in total. The third-order valence-corrected chi connectivity index (χ3v) is 3.31. The zero-order chi connectivity index (χ0) is 12.8. The molecule has 96 valence electrons. The van der Waals surface area contributed by atoms with Crippen LogP contribution in [0.3, 0.4) is 0 Å². The molecule has 1 aromatic carbocycles. The molecule has 1 aromatic rings. The Morgan fingerprint density at radius 3 is 2.67 bits per heavy atom. The summed E-state index contributed by atoms with van der Waals surface area (Å²) in [7, 11) is 0. The van der Waals surface area contributed by atoms with E-state index in [1.807, 2.05) is 30.3 Å². The Kier molecular flexibility index (Phi) is 4.57. The van der Waals surface area contributed by atoms with Gasteiger partial charge in [-0.3, -0.25) is 4.79 Å². The van der Waals surface area contributed by atoms with Gasteiger partial charge in [0.2, 0.25) is 0 Å². The zero-order valence-electron chi connectivity index (χ0n) is 10.9. The fourth-order valence-electron chi connectivity index (χ4n) is 2.42. The van der Waals surface area contributed by atoms with E-state index in [0.29, 0.717) is 0 Å². The lowest BCUT2D eigenvalue weighted by Crippen LogP contribution is -2.10. The minimum atomic E-state index is -0.208. The molecule has 1 aliphatic rings. The van der Waals surface area contributed by atoms with Gasteiger partial charge in [-0.2, -0.15) is 0 Å². The molecule has 2 rings (SSSR count). The molecule has 1 unspecified atom stereocenters. The lowest BCUT2D eigenvalue weighted by atomic mass is 9.93. The van der Waals surface area contributed by atoms with E-state index in [0.717, 1.165) is 24.8 Å². The van der Waals surface area contributed by atoms with Crippen molar-refractivity contribution in [2.45, 2.75) is 45.1 Å². The maximum atomic E-state index is 11.2. The lowest BCUT2D eigenvalue weighted by Gasteiger charge is -2.21. The molecule has 0 N–H and O–H groups in total. The van der Waals surface area contributed by atoms with Gasteiger partial charge in [-0.25, -0.2) is 0 Å². The number of carbonyl (C=O) groups is 1. The first-order valence-electron chi connectivity index (χ1n) is 6.66. The summed E-state index contributed by atoms with van der Waals surface area (Å²) in [5.41, 5.74) is 2.51. The van der Waals surface area contributed by atoms with E-state index < -0.39 is 0 Å². The fourth-order valence-corrected chi connectivity index (χ4v) is 2.42. The smallest absolute Gasteiger partial charge is 0.303 e. The molecule has 0 saturated heterocycles. The Balaban J connectivity index is 2.10. The van der Waals surface area contributed by atoms with E-state index in [1.54, 1.807) is 0 Å². The molecule has 0 heterocycles. The first kappa shape index (κ1) is 12.9. The Morgan fingerprint density at radius 1 is 1.28 bits per heavy atom. The van der Waals surface area contributed by atoms with Crippen molar-refractivity contribution in [1.29, 1.82) is 0 Å². The predicted octanol–water partition coefficient (Wildman–Crippen LogP) is 4.18. The predicted molar refractivity (Wildman–Crippen MR) is 72.1 cm³/mol. The van der Waals surface area contributed by atoms with Gasteiger partial charge in [0.1, 0.15) is 6.10 Å². The van der Waals surface area contributed by atoms with Crippen molar-refractivity contribution in [1.82, 2.24) is 0 Å². The van der Waals surface area contributed by atoms with Crippen molar-refractivity contribution >= 4 is 5.97 Å². The third-order valence-electron chi connectivity index (χ3n) is 3.31. The molecule has 0 bridgehead atoms. The van der Waals surface area contributed by atoms with Gasteiger partial charge in [0.15, 0.2) is 0 Å². The standard InChI is InChI=1S/C16H20O2/c1-13(17)18-16(15-10-6-3-7-11-15)12-14-8-4-2-5-9-14/h3,6-8,10-11,16H,2,4-5,9,12H2,1H3. The average Bonchev–Trinajstić information content (AvgIpc) is 2.40. The van der Waals surface area contributed by atoms with Gasteiger partial charge in [0.05, 0.1) is 0 Å². The van der Waals surface area contributed by atoms with E-state index in [2.05, 4.69) is 6.08 Å². The van der Waals surface area contributed by atoms with Crippen molar-refractivity contribution in [2.75, 3.05) is 0 Å². The van der Waals surface area contributed by atoms with Crippen molar-refractivity contribution < 1.29 is 9.53 Å². The van der Waals surface area contributed by atoms with Gasteiger partial charge in [-0.05, 0) is 31.2 Å². The second-order valence-corrected chi connectivity index (χ2v) is 4.82. The number of rotatable bonds is 4.